The lowest BCUT2D eigenvalue weighted by molar-refractivity contribution is 0.102. The zero-order valence-corrected chi connectivity index (χ0v) is 9.52. The molecule has 0 aliphatic carbocycles. The lowest BCUT2D eigenvalue weighted by Gasteiger charge is -2.02. The number of amides is 1. The Labute approximate surface area is 97.3 Å². The Balaban J connectivity index is 2.26. The highest BCUT2D eigenvalue weighted by Gasteiger charge is 2.12. The van der Waals surface area contributed by atoms with Crippen molar-refractivity contribution in [3.63, 3.8) is 0 Å². The lowest BCUT2D eigenvalue weighted by atomic mass is 10.2. The SMILES string of the molecule is Cc1nn(C)cc1NC(=O)c1c[nH]ccc1=O. The van der Waals surface area contributed by atoms with Gasteiger partial charge in [-0.2, -0.15) is 5.10 Å². The highest BCUT2D eigenvalue weighted by molar-refractivity contribution is 6.04. The Morgan fingerprint density at radius 1 is 1.53 bits per heavy atom. The normalized spacial score (nSPS) is 10.2. The molecule has 0 aliphatic heterocycles. The highest BCUT2D eigenvalue weighted by Crippen LogP contribution is 2.11. The van der Waals surface area contributed by atoms with Crippen LogP contribution in [0.4, 0.5) is 5.69 Å². The zero-order valence-electron chi connectivity index (χ0n) is 9.52. The summed E-state index contributed by atoms with van der Waals surface area (Å²) in [5.74, 6) is -0.442. The minimum Gasteiger partial charge on any atom is -0.367 e. The molecule has 88 valence electrons. The third kappa shape index (κ3) is 2.25. The first-order chi connectivity index (χ1) is 8.08. The number of aromatic nitrogens is 3. The van der Waals surface area contributed by atoms with Crippen molar-refractivity contribution in [1.29, 1.82) is 0 Å². The number of anilines is 1. The second-order valence-corrected chi connectivity index (χ2v) is 3.68. The molecule has 2 heterocycles. The van der Waals surface area contributed by atoms with Gasteiger partial charge in [-0.15, -0.1) is 0 Å². The standard InChI is InChI=1S/C11H12N4O2/c1-7-9(6-15(2)14-7)13-11(17)8-5-12-4-3-10(8)16/h3-6H,1-2H3,(H,12,16)(H,13,17). The molecule has 6 heteroatoms. The zero-order chi connectivity index (χ0) is 12.4. The van der Waals surface area contributed by atoms with Crippen LogP contribution in [0.3, 0.4) is 0 Å². The molecule has 0 saturated heterocycles. The van der Waals surface area contributed by atoms with Crippen LogP contribution in [0.1, 0.15) is 16.1 Å². The van der Waals surface area contributed by atoms with Gasteiger partial charge in [-0.05, 0) is 6.92 Å². The molecule has 0 saturated carbocycles. The van der Waals surface area contributed by atoms with Crippen LogP contribution in [-0.4, -0.2) is 20.7 Å². The second kappa shape index (κ2) is 4.25. The largest absolute Gasteiger partial charge is 0.367 e. The number of nitrogens with one attached hydrogen (secondary N) is 2. The maximum Gasteiger partial charge on any atom is 0.261 e. The monoisotopic (exact) mass is 232 g/mol. The third-order valence-electron chi connectivity index (χ3n) is 2.33. The van der Waals surface area contributed by atoms with Crippen molar-refractivity contribution in [2.45, 2.75) is 6.92 Å². The summed E-state index contributed by atoms with van der Waals surface area (Å²) in [5, 5.41) is 6.74. The van der Waals surface area contributed by atoms with E-state index in [4.69, 9.17) is 0 Å². The van der Waals surface area contributed by atoms with Crippen molar-refractivity contribution < 1.29 is 4.79 Å². The highest BCUT2D eigenvalue weighted by atomic mass is 16.2. The maximum atomic E-state index is 11.8. The molecular weight excluding hydrogens is 220 g/mol. The van der Waals surface area contributed by atoms with Crippen LogP contribution in [-0.2, 0) is 7.05 Å². The van der Waals surface area contributed by atoms with Crippen LogP contribution >= 0.6 is 0 Å². The first-order valence-corrected chi connectivity index (χ1v) is 5.06. The third-order valence-corrected chi connectivity index (χ3v) is 2.33. The Bertz CT molecular complexity index is 612. The van der Waals surface area contributed by atoms with Gasteiger partial charge in [0, 0.05) is 31.7 Å². The van der Waals surface area contributed by atoms with Crippen LogP contribution in [0.5, 0.6) is 0 Å². The number of aryl methyl sites for hydroxylation is 2. The molecule has 1 amide bonds. The van der Waals surface area contributed by atoms with Gasteiger partial charge in [0.05, 0.1) is 11.4 Å². The van der Waals surface area contributed by atoms with E-state index in [-0.39, 0.29) is 11.0 Å². The van der Waals surface area contributed by atoms with Crippen LogP contribution in [0.25, 0.3) is 0 Å². The Morgan fingerprint density at radius 3 is 2.88 bits per heavy atom. The Kier molecular flexibility index (Phi) is 2.78. The summed E-state index contributed by atoms with van der Waals surface area (Å²) in [7, 11) is 1.76. The van der Waals surface area contributed by atoms with Gasteiger partial charge in [-0.25, -0.2) is 0 Å². The van der Waals surface area contributed by atoms with E-state index >= 15 is 0 Å². The number of carbonyl (C=O) groups excluding carboxylic acids is 1. The van der Waals surface area contributed by atoms with Gasteiger partial charge in [0.2, 0.25) is 0 Å². The summed E-state index contributed by atoms with van der Waals surface area (Å²) in [5.41, 5.74) is 1.06. The minimum atomic E-state index is -0.442. The maximum absolute atomic E-state index is 11.8. The molecule has 0 aliphatic rings. The summed E-state index contributed by atoms with van der Waals surface area (Å²) >= 11 is 0. The fourth-order valence-electron chi connectivity index (χ4n) is 1.51. The van der Waals surface area contributed by atoms with E-state index < -0.39 is 5.91 Å². The number of pyridine rings is 1. The number of carbonyl (C=O) groups is 1. The average Bonchev–Trinajstić information content (AvgIpc) is 2.58. The fraction of sp³-hybridized carbons (Fsp3) is 0.182. The molecule has 0 bridgehead atoms. The molecular formula is C11H12N4O2. The van der Waals surface area contributed by atoms with E-state index in [1.807, 2.05) is 0 Å². The number of rotatable bonds is 2. The first-order valence-electron chi connectivity index (χ1n) is 5.06. The first kappa shape index (κ1) is 11.1. The molecule has 2 aromatic heterocycles. The molecule has 0 unspecified atom stereocenters. The van der Waals surface area contributed by atoms with Gasteiger partial charge in [-0.3, -0.25) is 14.3 Å². The summed E-state index contributed by atoms with van der Waals surface area (Å²) in [6.07, 6.45) is 4.54. The van der Waals surface area contributed by atoms with E-state index in [9.17, 15) is 9.59 Å². The molecule has 6 nitrogen and oxygen atoms in total. The van der Waals surface area contributed by atoms with Gasteiger partial charge in [0.25, 0.3) is 5.91 Å². The van der Waals surface area contributed by atoms with Crippen molar-refractivity contribution in [2.75, 3.05) is 5.32 Å². The van der Waals surface area contributed by atoms with Crippen LogP contribution < -0.4 is 10.7 Å². The molecule has 2 rings (SSSR count). The number of aromatic amines is 1. The van der Waals surface area contributed by atoms with E-state index in [1.165, 1.54) is 18.5 Å². The van der Waals surface area contributed by atoms with E-state index in [1.54, 1.807) is 24.9 Å². The summed E-state index contributed by atoms with van der Waals surface area (Å²) < 4.78 is 1.60. The number of hydrogen-bond donors (Lipinski definition) is 2. The fourth-order valence-corrected chi connectivity index (χ4v) is 1.51. The van der Waals surface area contributed by atoms with Crippen LogP contribution in [0.15, 0.2) is 29.5 Å². The van der Waals surface area contributed by atoms with Crippen molar-refractivity contribution >= 4 is 11.6 Å². The second-order valence-electron chi connectivity index (χ2n) is 3.68. The summed E-state index contributed by atoms with van der Waals surface area (Å²) in [6, 6.07) is 1.31. The molecule has 0 radical (unpaired) electrons. The average molecular weight is 232 g/mol. The van der Waals surface area contributed by atoms with Crippen molar-refractivity contribution in [3.8, 4) is 0 Å². The lowest BCUT2D eigenvalue weighted by Crippen LogP contribution is -2.20. The molecule has 2 N–H and O–H groups in total. The van der Waals surface area contributed by atoms with Crippen LogP contribution in [0.2, 0.25) is 0 Å². The van der Waals surface area contributed by atoms with E-state index in [0.29, 0.717) is 11.4 Å². The quantitative estimate of drug-likeness (QED) is 0.798. The molecule has 17 heavy (non-hydrogen) atoms. The van der Waals surface area contributed by atoms with Crippen LogP contribution in [0, 0.1) is 6.92 Å². The predicted octanol–water partition coefficient (Wildman–Crippen LogP) is 0.669. The van der Waals surface area contributed by atoms with Crippen molar-refractivity contribution in [2.24, 2.45) is 7.05 Å². The molecule has 0 atom stereocenters. The number of hydrogen-bond acceptors (Lipinski definition) is 3. The number of H-pyrrole nitrogens is 1. The Hall–Kier alpha value is -2.37. The van der Waals surface area contributed by atoms with Gasteiger partial charge >= 0.3 is 0 Å². The Morgan fingerprint density at radius 2 is 2.29 bits per heavy atom. The summed E-state index contributed by atoms with van der Waals surface area (Å²) in [6.45, 7) is 1.78. The van der Waals surface area contributed by atoms with Gasteiger partial charge in [0.15, 0.2) is 5.43 Å². The molecule has 0 spiro atoms. The van der Waals surface area contributed by atoms with E-state index in [2.05, 4.69) is 15.4 Å². The molecule has 0 fully saturated rings. The van der Waals surface area contributed by atoms with E-state index in [0.717, 1.165) is 0 Å². The van der Waals surface area contributed by atoms with Gasteiger partial charge < -0.3 is 10.3 Å². The predicted molar refractivity (Wildman–Crippen MR) is 63.0 cm³/mol. The molecule has 0 aromatic carbocycles. The van der Waals surface area contributed by atoms with Gasteiger partial charge in [0.1, 0.15) is 5.56 Å². The summed E-state index contributed by atoms with van der Waals surface area (Å²) in [4.78, 5) is 26.0. The van der Waals surface area contributed by atoms with Crippen molar-refractivity contribution in [1.82, 2.24) is 14.8 Å². The van der Waals surface area contributed by atoms with Crippen molar-refractivity contribution in [3.05, 3.63) is 46.1 Å². The minimum absolute atomic E-state index is 0.0794. The van der Waals surface area contributed by atoms with Gasteiger partial charge in [-0.1, -0.05) is 0 Å². The molecule has 2 aromatic rings. The number of nitrogens with zero attached hydrogens (tertiary/aromatic N) is 2. The smallest absolute Gasteiger partial charge is 0.261 e. The topological polar surface area (TPSA) is 79.8 Å².